The van der Waals surface area contributed by atoms with Crippen LogP contribution in [0.4, 0.5) is 17.6 Å². The van der Waals surface area contributed by atoms with Gasteiger partial charge >= 0.3 is 0 Å². The van der Waals surface area contributed by atoms with Crippen molar-refractivity contribution < 1.29 is 4.74 Å². The average Bonchev–Trinajstić information content (AvgIpc) is 3.47. The van der Waals surface area contributed by atoms with E-state index in [1.54, 1.807) is 0 Å². The fraction of sp³-hybridized carbons (Fsp3) is 0.433. The standard InChI is InChI=1S/C30H35ClN6OS/c31-25-9-7-24(8-10-25)30(12-3-4-13-30)21-32-29(39)35-28-33-26(36-15-17-38-18-16-36)19-27(34-28)37-14-11-22-5-1-2-6-23(22)20-37/h1-2,5-10,19H,3-4,11-18,20-21H2,(H2,32,33,34,35,39). The molecule has 2 aromatic carbocycles. The Hall–Kier alpha value is -2.94. The summed E-state index contributed by atoms with van der Waals surface area (Å²) in [7, 11) is 0. The molecule has 3 heterocycles. The Bertz CT molecular complexity index is 1310. The molecule has 39 heavy (non-hydrogen) atoms. The Morgan fingerprint density at radius 3 is 2.36 bits per heavy atom. The fourth-order valence-corrected chi connectivity index (χ4v) is 6.39. The number of rotatable bonds is 6. The number of fused-ring (bicyclic) bond motifs is 1. The van der Waals surface area contributed by atoms with Crippen molar-refractivity contribution in [2.24, 2.45) is 0 Å². The first-order valence-corrected chi connectivity index (χ1v) is 14.7. The normalized spacial score (nSPS) is 18.5. The molecule has 0 unspecified atom stereocenters. The third-order valence-corrected chi connectivity index (χ3v) is 8.82. The van der Waals surface area contributed by atoms with Gasteiger partial charge in [-0.3, -0.25) is 0 Å². The molecule has 2 fully saturated rings. The maximum absolute atomic E-state index is 6.17. The number of ether oxygens (including phenoxy) is 1. The van der Waals surface area contributed by atoms with Gasteiger partial charge in [0, 0.05) is 49.2 Å². The molecule has 3 aromatic rings. The minimum absolute atomic E-state index is 0.0547. The van der Waals surface area contributed by atoms with Crippen LogP contribution in [0.25, 0.3) is 0 Å². The van der Waals surface area contributed by atoms with Gasteiger partial charge in [-0.1, -0.05) is 60.8 Å². The van der Waals surface area contributed by atoms with Crippen LogP contribution in [0.2, 0.25) is 5.02 Å². The Morgan fingerprint density at radius 1 is 0.923 bits per heavy atom. The quantitative estimate of drug-likeness (QED) is 0.391. The van der Waals surface area contributed by atoms with Crippen molar-refractivity contribution in [3.63, 3.8) is 0 Å². The van der Waals surface area contributed by atoms with Crippen LogP contribution < -0.4 is 20.4 Å². The van der Waals surface area contributed by atoms with Crippen LogP contribution >= 0.6 is 23.8 Å². The van der Waals surface area contributed by atoms with Crippen LogP contribution in [0, 0.1) is 0 Å². The van der Waals surface area contributed by atoms with E-state index in [0.29, 0.717) is 24.3 Å². The molecule has 0 radical (unpaired) electrons. The molecule has 2 aliphatic heterocycles. The third kappa shape index (κ3) is 5.98. The van der Waals surface area contributed by atoms with Gasteiger partial charge in [0.05, 0.1) is 13.2 Å². The van der Waals surface area contributed by atoms with Gasteiger partial charge in [-0.05, 0) is 60.3 Å². The third-order valence-electron chi connectivity index (χ3n) is 8.32. The molecule has 0 spiro atoms. The lowest BCUT2D eigenvalue weighted by Crippen LogP contribution is -2.41. The van der Waals surface area contributed by atoms with Crippen molar-refractivity contribution in [3.05, 3.63) is 76.3 Å². The van der Waals surface area contributed by atoms with Crippen molar-refractivity contribution in [2.45, 2.75) is 44.1 Å². The maximum atomic E-state index is 6.17. The van der Waals surface area contributed by atoms with E-state index < -0.39 is 0 Å². The Kier molecular flexibility index (Phi) is 7.86. The summed E-state index contributed by atoms with van der Waals surface area (Å²) in [5.74, 6) is 2.35. The van der Waals surface area contributed by atoms with Crippen LogP contribution in [0.5, 0.6) is 0 Å². The van der Waals surface area contributed by atoms with Crippen molar-refractivity contribution in [2.75, 3.05) is 54.5 Å². The molecule has 3 aliphatic rings. The van der Waals surface area contributed by atoms with Gasteiger partial charge in [0.25, 0.3) is 0 Å². The molecule has 0 bridgehead atoms. The van der Waals surface area contributed by atoms with E-state index in [1.165, 1.54) is 29.5 Å². The molecule has 0 atom stereocenters. The first-order valence-electron chi connectivity index (χ1n) is 13.9. The summed E-state index contributed by atoms with van der Waals surface area (Å²) in [4.78, 5) is 14.4. The van der Waals surface area contributed by atoms with E-state index in [1.807, 2.05) is 12.1 Å². The zero-order chi connectivity index (χ0) is 26.7. The van der Waals surface area contributed by atoms with Crippen LogP contribution in [0.15, 0.2) is 54.6 Å². The first kappa shape index (κ1) is 26.3. The minimum Gasteiger partial charge on any atom is -0.378 e. The van der Waals surface area contributed by atoms with Crippen molar-refractivity contribution in [1.29, 1.82) is 0 Å². The molecule has 1 aliphatic carbocycles. The van der Waals surface area contributed by atoms with E-state index in [0.717, 1.165) is 68.6 Å². The second-order valence-corrected chi connectivity index (χ2v) is 11.6. The Balaban J connectivity index is 1.20. The highest BCUT2D eigenvalue weighted by Gasteiger charge is 2.35. The molecule has 1 aromatic heterocycles. The number of anilines is 3. The van der Waals surface area contributed by atoms with Crippen LogP contribution in [0.1, 0.15) is 42.4 Å². The highest BCUT2D eigenvalue weighted by atomic mass is 35.5. The summed E-state index contributed by atoms with van der Waals surface area (Å²) in [5.41, 5.74) is 4.14. The van der Waals surface area contributed by atoms with Crippen LogP contribution in [0.3, 0.4) is 0 Å². The largest absolute Gasteiger partial charge is 0.378 e. The van der Waals surface area contributed by atoms with Gasteiger partial charge in [0.15, 0.2) is 5.11 Å². The second kappa shape index (κ2) is 11.7. The molecular weight excluding hydrogens is 528 g/mol. The Morgan fingerprint density at radius 2 is 1.62 bits per heavy atom. The monoisotopic (exact) mass is 562 g/mol. The van der Waals surface area contributed by atoms with Gasteiger partial charge in [0.1, 0.15) is 11.6 Å². The van der Waals surface area contributed by atoms with E-state index in [9.17, 15) is 0 Å². The van der Waals surface area contributed by atoms with Crippen molar-refractivity contribution in [1.82, 2.24) is 15.3 Å². The Labute approximate surface area is 240 Å². The van der Waals surface area contributed by atoms with E-state index in [-0.39, 0.29) is 5.41 Å². The van der Waals surface area contributed by atoms with Crippen LogP contribution in [-0.2, 0) is 23.1 Å². The molecule has 204 valence electrons. The number of thiocarbonyl (C=S) groups is 1. The molecule has 9 heteroatoms. The van der Waals surface area contributed by atoms with Crippen molar-refractivity contribution in [3.8, 4) is 0 Å². The molecule has 1 saturated heterocycles. The highest BCUT2D eigenvalue weighted by Crippen LogP contribution is 2.41. The highest BCUT2D eigenvalue weighted by molar-refractivity contribution is 7.80. The number of aromatic nitrogens is 2. The number of hydrogen-bond donors (Lipinski definition) is 2. The summed E-state index contributed by atoms with van der Waals surface area (Å²) >= 11 is 11.9. The molecule has 7 nitrogen and oxygen atoms in total. The number of halogens is 1. The zero-order valence-electron chi connectivity index (χ0n) is 22.2. The van der Waals surface area contributed by atoms with Gasteiger partial charge in [0.2, 0.25) is 5.95 Å². The van der Waals surface area contributed by atoms with Gasteiger partial charge in [-0.2, -0.15) is 9.97 Å². The summed E-state index contributed by atoms with van der Waals surface area (Å²) in [6.07, 6.45) is 5.71. The summed E-state index contributed by atoms with van der Waals surface area (Å²) < 4.78 is 5.59. The molecule has 0 amide bonds. The number of nitrogens with zero attached hydrogens (tertiary/aromatic N) is 4. The zero-order valence-corrected chi connectivity index (χ0v) is 23.7. The number of morpholine rings is 1. The van der Waals surface area contributed by atoms with Crippen molar-refractivity contribution >= 4 is 46.5 Å². The number of benzene rings is 2. The SMILES string of the molecule is S=C(NCC1(c2ccc(Cl)cc2)CCCC1)Nc1nc(N2CCOCC2)cc(N2CCc3ccccc3C2)n1. The average molecular weight is 563 g/mol. The smallest absolute Gasteiger partial charge is 0.232 e. The summed E-state index contributed by atoms with van der Waals surface area (Å²) in [5, 5.41) is 8.12. The predicted octanol–water partition coefficient (Wildman–Crippen LogP) is 5.33. The molecule has 1 saturated carbocycles. The first-order chi connectivity index (χ1) is 19.1. The molecular formula is C30H35ClN6OS. The predicted molar refractivity (Wildman–Crippen MR) is 162 cm³/mol. The number of hydrogen-bond acceptors (Lipinski definition) is 6. The lowest BCUT2D eigenvalue weighted by atomic mass is 9.79. The lowest BCUT2D eigenvalue weighted by molar-refractivity contribution is 0.122. The maximum Gasteiger partial charge on any atom is 0.232 e. The summed E-state index contributed by atoms with van der Waals surface area (Å²) in [6, 6.07) is 19.1. The van der Waals surface area contributed by atoms with E-state index in [2.05, 4.69) is 62.9 Å². The van der Waals surface area contributed by atoms with Crippen LogP contribution in [-0.4, -0.2) is 54.5 Å². The van der Waals surface area contributed by atoms with Gasteiger partial charge in [-0.15, -0.1) is 0 Å². The van der Waals surface area contributed by atoms with Gasteiger partial charge in [-0.25, -0.2) is 0 Å². The minimum atomic E-state index is 0.0547. The molecule has 2 N–H and O–H groups in total. The fourth-order valence-electron chi connectivity index (χ4n) is 6.10. The topological polar surface area (TPSA) is 65.6 Å². The lowest BCUT2D eigenvalue weighted by Gasteiger charge is -2.32. The second-order valence-electron chi connectivity index (χ2n) is 10.7. The van der Waals surface area contributed by atoms with E-state index >= 15 is 0 Å². The number of nitrogens with one attached hydrogen (secondary N) is 2. The molecule has 6 rings (SSSR count). The van der Waals surface area contributed by atoms with E-state index in [4.69, 9.17) is 38.5 Å². The van der Waals surface area contributed by atoms with Gasteiger partial charge < -0.3 is 25.2 Å². The summed E-state index contributed by atoms with van der Waals surface area (Å²) in [6.45, 7) is 5.54.